The zero-order chi connectivity index (χ0) is 15.5. The van der Waals surface area contributed by atoms with Crippen molar-refractivity contribution < 1.29 is 9.90 Å². The SMILES string of the molecule is O=C(O)C1CCCCN1Cc1csc(-c2ccc(Cl)cc2)n1. The molecule has 1 aliphatic heterocycles. The van der Waals surface area contributed by atoms with Gasteiger partial charge in [-0.25, -0.2) is 4.98 Å². The molecule has 0 spiro atoms. The molecule has 1 saturated heterocycles. The summed E-state index contributed by atoms with van der Waals surface area (Å²) in [6, 6.07) is 7.22. The van der Waals surface area contributed by atoms with Crippen LogP contribution in [0.1, 0.15) is 25.0 Å². The van der Waals surface area contributed by atoms with Crippen LogP contribution in [-0.2, 0) is 11.3 Å². The topological polar surface area (TPSA) is 53.4 Å². The highest BCUT2D eigenvalue weighted by Gasteiger charge is 2.28. The van der Waals surface area contributed by atoms with E-state index in [-0.39, 0.29) is 6.04 Å². The number of aromatic nitrogens is 1. The summed E-state index contributed by atoms with van der Waals surface area (Å²) in [5.41, 5.74) is 1.97. The monoisotopic (exact) mass is 336 g/mol. The summed E-state index contributed by atoms with van der Waals surface area (Å²) in [5.74, 6) is -0.729. The largest absolute Gasteiger partial charge is 0.480 e. The van der Waals surface area contributed by atoms with Crippen molar-refractivity contribution in [2.75, 3.05) is 6.54 Å². The molecule has 1 unspecified atom stereocenters. The Morgan fingerprint density at radius 2 is 2.14 bits per heavy atom. The van der Waals surface area contributed by atoms with E-state index in [0.717, 1.165) is 42.1 Å². The van der Waals surface area contributed by atoms with E-state index in [2.05, 4.69) is 4.98 Å². The third-order valence-corrected chi connectivity index (χ3v) is 5.10. The van der Waals surface area contributed by atoms with Crippen LogP contribution in [0.4, 0.5) is 0 Å². The predicted octanol–water partition coefficient (Wildman–Crippen LogP) is 3.90. The molecule has 0 radical (unpaired) electrons. The number of likely N-dealkylation sites (tertiary alicyclic amines) is 1. The molecule has 0 saturated carbocycles. The van der Waals surface area contributed by atoms with E-state index in [9.17, 15) is 9.90 Å². The van der Waals surface area contributed by atoms with E-state index in [4.69, 9.17) is 11.6 Å². The number of carboxylic acids is 1. The molecular weight excluding hydrogens is 320 g/mol. The average Bonchev–Trinajstić information content (AvgIpc) is 2.97. The van der Waals surface area contributed by atoms with Gasteiger partial charge < -0.3 is 5.11 Å². The number of piperidine rings is 1. The van der Waals surface area contributed by atoms with Gasteiger partial charge in [-0.15, -0.1) is 11.3 Å². The maximum Gasteiger partial charge on any atom is 0.320 e. The molecule has 1 atom stereocenters. The molecule has 6 heteroatoms. The van der Waals surface area contributed by atoms with E-state index in [1.807, 2.05) is 34.5 Å². The fourth-order valence-corrected chi connectivity index (χ4v) is 3.72. The summed E-state index contributed by atoms with van der Waals surface area (Å²) in [5, 5.41) is 13.0. The number of aliphatic carboxylic acids is 1. The highest BCUT2D eigenvalue weighted by molar-refractivity contribution is 7.13. The molecule has 3 rings (SSSR count). The number of carbonyl (C=O) groups is 1. The van der Waals surface area contributed by atoms with Gasteiger partial charge in [0.15, 0.2) is 0 Å². The van der Waals surface area contributed by atoms with Crippen molar-refractivity contribution in [3.05, 3.63) is 40.4 Å². The first-order valence-corrected chi connectivity index (χ1v) is 8.56. The van der Waals surface area contributed by atoms with Crippen LogP contribution in [0.5, 0.6) is 0 Å². The first-order valence-electron chi connectivity index (χ1n) is 7.30. The molecule has 0 aliphatic carbocycles. The van der Waals surface area contributed by atoms with Gasteiger partial charge in [0, 0.05) is 22.5 Å². The Morgan fingerprint density at radius 1 is 1.36 bits per heavy atom. The molecule has 0 bridgehead atoms. The van der Waals surface area contributed by atoms with Gasteiger partial charge in [-0.05, 0) is 31.5 Å². The van der Waals surface area contributed by atoms with Gasteiger partial charge in [-0.2, -0.15) is 0 Å². The second-order valence-electron chi connectivity index (χ2n) is 5.47. The normalized spacial score (nSPS) is 19.2. The fraction of sp³-hybridized carbons (Fsp3) is 0.375. The lowest BCUT2D eigenvalue weighted by molar-refractivity contribution is -0.144. The van der Waals surface area contributed by atoms with E-state index in [0.29, 0.717) is 11.6 Å². The molecule has 22 heavy (non-hydrogen) atoms. The van der Waals surface area contributed by atoms with E-state index in [1.165, 1.54) is 0 Å². The fourth-order valence-electron chi connectivity index (χ4n) is 2.77. The van der Waals surface area contributed by atoms with Crippen LogP contribution in [0.2, 0.25) is 5.02 Å². The summed E-state index contributed by atoms with van der Waals surface area (Å²) in [6.45, 7) is 1.42. The number of hydrogen-bond acceptors (Lipinski definition) is 4. The van der Waals surface area contributed by atoms with Crippen molar-refractivity contribution in [3.8, 4) is 10.6 Å². The van der Waals surface area contributed by atoms with Crippen LogP contribution in [-0.4, -0.2) is 33.5 Å². The minimum atomic E-state index is -0.729. The van der Waals surface area contributed by atoms with Gasteiger partial charge in [0.25, 0.3) is 0 Å². The second kappa shape index (κ2) is 6.77. The van der Waals surface area contributed by atoms with Crippen molar-refractivity contribution >= 4 is 28.9 Å². The Kier molecular flexibility index (Phi) is 4.76. The third kappa shape index (κ3) is 3.48. The zero-order valence-corrected chi connectivity index (χ0v) is 13.6. The van der Waals surface area contributed by atoms with Crippen molar-refractivity contribution in [3.63, 3.8) is 0 Å². The van der Waals surface area contributed by atoms with Crippen LogP contribution >= 0.6 is 22.9 Å². The first-order chi connectivity index (χ1) is 10.6. The van der Waals surface area contributed by atoms with Crippen molar-refractivity contribution in [2.24, 2.45) is 0 Å². The minimum absolute atomic E-state index is 0.380. The van der Waals surface area contributed by atoms with E-state index in [1.54, 1.807) is 11.3 Å². The number of thiazole rings is 1. The van der Waals surface area contributed by atoms with Crippen LogP contribution in [0.15, 0.2) is 29.6 Å². The van der Waals surface area contributed by atoms with Gasteiger partial charge in [0.05, 0.1) is 5.69 Å². The molecule has 1 aromatic heterocycles. The third-order valence-electron chi connectivity index (χ3n) is 3.91. The molecular formula is C16H17ClN2O2S. The summed E-state index contributed by atoms with van der Waals surface area (Å²) in [4.78, 5) is 18.0. The van der Waals surface area contributed by atoms with Crippen molar-refractivity contribution in [1.82, 2.24) is 9.88 Å². The molecule has 0 amide bonds. The van der Waals surface area contributed by atoms with Crippen molar-refractivity contribution in [2.45, 2.75) is 31.8 Å². The van der Waals surface area contributed by atoms with E-state index < -0.39 is 5.97 Å². The Bertz CT molecular complexity index is 656. The molecule has 1 fully saturated rings. The Morgan fingerprint density at radius 3 is 2.86 bits per heavy atom. The van der Waals surface area contributed by atoms with Crippen LogP contribution in [0.25, 0.3) is 10.6 Å². The number of hydrogen-bond donors (Lipinski definition) is 1. The highest BCUT2D eigenvalue weighted by atomic mass is 35.5. The molecule has 2 heterocycles. The molecule has 1 aromatic carbocycles. The Labute approximate surface area is 138 Å². The average molecular weight is 337 g/mol. The number of nitrogens with zero attached hydrogens (tertiary/aromatic N) is 2. The smallest absolute Gasteiger partial charge is 0.320 e. The van der Waals surface area contributed by atoms with Crippen LogP contribution in [0.3, 0.4) is 0 Å². The minimum Gasteiger partial charge on any atom is -0.480 e. The summed E-state index contributed by atoms with van der Waals surface area (Å²) < 4.78 is 0. The lowest BCUT2D eigenvalue weighted by Gasteiger charge is -2.32. The maximum atomic E-state index is 11.3. The van der Waals surface area contributed by atoms with Crippen molar-refractivity contribution in [1.29, 1.82) is 0 Å². The Balaban J connectivity index is 1.73. The van der Waals surface area contributed by atoms with Crippen LogP contribution in [0, 0.1) is 0 Å². The predicted molar refractivity (Wildman–Crippen MR) is 88.2 cm³/mol. The molecule has 4 nitrogen and oxygen atoms in total. The van der Waals surface area contributed by atoms with Gasteiger partial charge in [0.1, 0.15) is 11.0 Å². The zero-order valence-electron chi connectivity index (χ0n) is 12.0. The lowest BCUT2D eigenvalue weighted by Crippen LogP contribution is -2.44. The second-order valence-corrected chi connectivity index (χ2v) is 6.77. The number of benzene rings is 1. The first kappa shape index (κ1) is 15.5. The molecule has 116 valence electrons. The summed E-state index contributed by atoms with van der Waals surface area (Å²) in [7, 11) is 0. The van der Waals surface area contributed by atoms with Gasteiger partial charge in [-0.1, -0.05) is 30.2 Å². The standard InChI is InChI=1S/C16H17ClN2O2S/c17-12-6-4-11(5-7-12)15-18-13(10-22-15)9-19-8-2-1-3-14(19)16(20)21/h4-7,10,14H,1-3,8-9H2,(H,20,21). The number of rotatable bonds is 4. The Hall–Kier alpha value is -1.43. The van der Waals surface area contributed by atoms with Crippen LogP contribution < -0.4 is 0 Å². The molecule has 1 N–H and O–H groups in total. The molecule has 2 aromatic rings. The summed E-state index contributed by atoms with van der Waals surface area (Å²) >= 11 is 7.48. The van der Waals surface area contributed by atoms with Gasteiger partial charge in [-0.3, -0.25) is 9.69 Å². The maximum absolute atomic E-state index is 11.3. The number of halogens is 1. The molecule has 1 aliphatic rings. The van der Waals surface area contributed by atoms with E-state index >= 15 is 0 Å². The summed E-state index contributed by atoms with van der Waals surface area (Å²) in [6.07, 6.45) is 2.77. The highest BCUT2D eigenvalue weighted by Crippen LogP contribution is 2.27. The lowest BCUT2D eigenvalue weighted by atomic mass is 10.0. The number of carboxylic acid groups (broad SMARTS) is 1. The van der Waals surface area contributed by atoms with Gasteiger partial charge in [0.2, 0.25) is 0 Å². The quantitative estimate of drug-likeness (QED) is 0.920. The van der Waals surface area contributed by atoms with Gasteiger partial charge >= 0.3 is 5.97 Å².